The van der Waals surface area contributed by atoms with Gasteiger partial charge in [-0.25, -0.2) is 4.79 Å². The zero-order valence-corrected chi connectivity index (χ0v) is 12.8. The van der Waals surface area contributed by atoms with Crippen LogP contribution in [-0.2, 0) is 9.53 Å². The van der Waals surface area contributed by atoms with Crippen molar-refractivity contribution in [3.8, 4) is 0 Å². The molecule has 1 N–H and O–H groups in total. The van der Waals surface area contributed by atoms with E-state index in [1.54, 1.807) is 31.2 Å². The van der Waals surface area contributed by atoms with Gasteiger partial charge in [-0.05, 0) is 44.0 Å². The van der Waals surface area contributed by atoms with Gasteiger partial charge in [0.05, 0.1) is 13.2 Å². The third-order valence-corrected chi connectivity index (χ3v) is 3.71. The number of carbonyl (C=O) groups is 3. The fourth-order valence-electron chi connectivity index (χ4n) is 2.31. The molecule has 6 heteroatoms. The summed E-state index contributed by atoms with van der Waals surface area (Å²) in [5.41, 5.74) is 0.913. The molecule has 1 aromatic heterocycles. The van der Waals surface area contributed by atoms with Gasteiger partial charge in [-0.3, -0.25) is 9.59 Å². The lowest BCUT2D eigenvalue weighted by molar-refractivity contribution is -0.119. The van der Waals surface area contributed by atoms with Crippen LogP contribution >= 0.6 is 0 Å². The molecule has 1 saturated carbocycles. The second kappa shape index (κ2) is 6.24. The summed E-state index contributed by atoms with van der Waals surface area (Å²) >= 11 is 0. The lowest BCUT2D eigenvalue weighted by Gasteiger charge is -2.04. The summed E-state index contributed by atoms with van der Waals surface area (Å²) in [6.45, 7) is 2.03. The van der Waals surface area contributed by atoms with Crippen LogP contribution in [-0.4, -0.2) is 30.8 Å². The first-order chi connectivity index (χ1) is 11.1. The van der Waals surface area contributed by atoms with E-state index in [0.717, 1.165) is 12.8 Å². The van der Waals surface area contributed by atoms with Crippen molar-refractivity contribution in [3.05, 3.63) is 35.6 Å². The van der Waals surface area contributed by atoms with Crippen LogP contribution in [0.25, 0.3) is 11.0 Å². The van der Waals surface area contributed by atoms with Crippen molar-refractivity contribution in [3.63, 3.8) is 0 Å². The first-order valence-corrected chi connectivity index (χ1v) is 7.60. The minimum atomic E-state index is -0.537. The minimum absolute atomic E-state index is 0.0565. The van der Waals surface area contributed by atoms with Crippen molar-refractivity contribution >= 4 is 28.6 Å². The zero-order chi connectivity index (χ0) is 16.4. The molecule has 23 heavy (non-hydrogen) atoms. The number of carbonyl (C=O) groups excluding carboxylic acids is 3. The molecule has 0 saturated heterocycles. The van der Waals surface area contributed by atoms with Crippen LogP contribution in [0.15, 0.2) is 28.7 Å². The largest absolute Gasteiger partial charge is 0.460 e. The smallest absolute Gasteiger partial charge is 0.374 e. The summed E-state index contributed by atoms with van der Waals surface area (Å²) in [6, 6.07) is 6.38. The van der Waals surface area contributed by atoms with Gasteiger partial charge in [0.1, 0.15) is 5.58 Å². The van der Waals surface area contributed by atoms with E-state index < -0.39 is 5.97 Å². The molecule has 0 radical (unpaired) electrons. The molecule has 6 nitrogen and oxygen atoms in total. The molecule has 1 fully saturated rings. The normalized spacial score (nSPS) is 13.8. The quantitative estimate of drug-likeness (QED) is 0.827. The topological polar surface area (TPSA) is 85.6 Å². The summed E-state index contributed by atoms with van der Waals surface area (Å²) in [4.78, 5) is 35.4. The number of ether oxygens (including phenoxy) is 1. The molecule has 1 heterocycles. The highest BCUT2D eigenvalue weighted by Crippen LogP contribution is 2.29. The van der Waals surface area contributed by atoms with Gasteiger partial charge in [0, 0.05) is 16.9 Å². The van der Waals surface area contributed by atoms with Gasteiger partial charge in [-0.1, -0.05) is 0 Å². The Bertz CT molecular complexity index is 772. The van der Waals surface area contributed by atoms with Gasteiger partial charge in [0.15, 0.2) is 5.78 Å². The van der Waals surface area contributed by atoms with Crippen molar-refractivity contribution in [1.82, 2.24) is 5.32 Å². The predicted molar refractivity (Wildman–Crippen MR) is 82.2 cm³/mol. The lowest BCUT2D eigenvalue weighted by atomic mass is 10.1. The first kappa shape index (κ1) is 15.3. The van der Waals surface area contributed by atoms with E-state index in [-0.39, 0.29) is 36.5 Å². The summed E-state index contributed by atoms with van der Waals surface area (Å²) < 4.78 is 10.3. The van der Waals surface area contributed by atoms with Gasteiger partial charge in [-0.2, -0.15) is 0 Å². The van der Waals surface area contributed by atoms with Crippen LogP contribution in [0.3, 0.4) is 0 Å². The highest BCUT2D eigenvalue weighted by molar-refractivity contribution is 6.01. The number of hydrogen-bond donors (Lipinski definition) is 1. The van der Waals surface area contributed by atoms with Crippen molar-refractivity contribution in [2.24, 2.45) is 5.92 Å². The maximum absolute atomic E-state index is 12.1. The van der Waals surface area contributed by atoms with Crippen LogP contribution < -0.4 is 5.32 Å². The molecule has 120 valence electrons. The Morgan fingerprint density at radius 1 is 1.26 bits per heavy atom. The van der Waals surface area contributed by atoms with Gasteiger partial charge in [-0.15, -0.1) is 0 Å². The van der Waals surface area contributed by atoms with E-state index in [2.05, 4.69) is 5.32 Å². The number of rotatable bonds is 6. The van der Waals surface area contributed by atoms with Crippen LogP contribution in [0, 0.1) is 5.92 Å². The number of ketones is 1. The Balaban J connectivity index is 1.72. The Labute approximate surface area is 132 Å². The molecule has 0 bridgehead atoms. The Morgan fingerprint density at radius 2 is 2.04 bits per heavy atom. The molecule has 0 unspecified atom stereocenters. The van der Waals surface area contributed by atoms with Gasteiger partial charge in [0.25, 0.3) is 5.91 Å². The van der Waals surface area contributed by atoms with Crippen LogP contribution in [0.2, 0.25) is 0 Å². The lowest BCUT2D eigenvalue weighted by Crippen LogP contribution is -2.30. The van der Waals surface area contributed by atoms with E-state index in [0.29, 0.717) is 16.5 Å². The fraction of sp³-hybridized carbons (Fsp3) is 0.353. The number of furan rings is 1. The van der Waals surface area contributed by atoms with Crippen molar-refractivity contribution in [2.75, 3.05) is 13.2 Å². The maximum atomic E-state index is 12.1. The number of Topliss-reactive ketones (excluding diaryl/α,β-unsaturated/α-hetero) is 1. The average Bonchev–Trinajstić information content (AvgIpc) is 3.30. The van der Waals surface area contributed by atoms with Crippen molar-refractivity contribution < 1.29 is 23.5 Å². The highest BCUT2D eigenvalue weighted by atomic mass is 16.5. The second-order valence-electron chi connectivity index (χ2n) is 5.51. The zero-order valence-electron chi connectivity index (χ0n) is 12.8. The molecule has 1 amide bonds. The fourth-order valence-corrected chi connectivity index (χ4v) is 2.31. The second-order valence-corrected chi connectivity index (χ2v) is 5.51. The molecular weight excluding hydrogens is 298 g/mol. The van der Waals surface area contributed by atoms with Crippen molar-refractivity contribution in [2.45, 2.75) is 19.8 Å². The Kier molecular flexibility index (Phi) is 4.14. The number of nitrogens with one attached hydrogen (secondary N) is 1. The molecule has 2 aromatic rings. The predicted octanol–water partition coefficient (Wildman–Crippen LogP) is 2.32. The number of benzene rings is 1. The highest BCUT2D eigenvalue weighted by Gasteiger charge is 2.29. The maximum Gasteiger partial charge on any atom is 0.374 e. The SMILES string of the molecule is CCOC(=O)c1cc2cc(C(=O)NCC(=O)C3CC3)ccc2o1. The third kappa shape index (κ3) is 3.41. The summed E-state index contributed by atoms with van der Waals surface area (Å²) in [5, 5.41) is 3.26. The molecule has 1 aromatic carbocycles. The number of fused-ring (bicyclic) bond motifs is 1. The van der Waals surface area contributed by atoms with E-state index >= 15 is 0 Å². The van der Waals surface area contributed by atoms with E-state index in [4.69, 9.17) is 9.15 Å². The van der Waals surface area contributed by atoms with E-state index in [9.17, 15) is 14.4 Å². The van der Waals surface area contributed by atoms with Gasteiger partial charge in [0.2, 0.25) is 5.76 Å². The molecular formula is C17H17NO5. The number of hydrogen-bond acceptors (Lipinski definition) is 5. The number of amides is 1. The average molecular weight is 315 g/mol. The molecule has 1 aliphatic rings. The third-order valence-electron chi connectivity index (χ3n) is 3.71. The summed E-state index contributed by atoms with van der Waals surface area (Å²) in [6.07, 6.45) is 1.85. The van der Waals surface area contributed by atoms with Crippen LogP contribution in [0.5, 0.6) is 0 Å². The van der Waals surface area contributed by atoms with E-state index in [1.807, 2.05) is 0 Å². The molecule has 0 atom stereocenters. The Morgan fingerprint density at radius 3 is 2.74 bits per heavy atom. The monoisotopic (exact) mass is 315 g/mol. The molecule has 1 aliphatic carbocycles. The minimum Gasteiger partial charge on any atom is -0.460 e. The standard InChI is InChI=1S/C17H17NO5/c1-2-22-17(21)15-8-12-7-11(5-6-14(12)23-15)16(20)18-9-13(19)10-3-4-10/h5-8,10H,2-4,9H2,1H3,(H,18,20). The van der Waals surface area contributed by atoms with Crippen molar-refractivity contribution in [1.29, 1.82) is 0 Å². The molecule has 3 rings (SSSR count). The molecule has 0 spiro atoms. The summed E-state index contributed by atoms with van der Waals surface area (Å²) in [5.74, 6) is -0.557. The van der Waals surface area contributed by atoms with Crippen LogP contribution in [0.1, 0.15) is 40.7 Å². The first-order valence-electron chi connectivity index (χ1n) is 7.60. The van der Waals surface area contributed by atoms with Crippen LogP contribution in [0.4, 0.5) is 0 Å². The summed E-state index contributed by atoms with van der Waals surface area (Å²) in [7, 11) is 0. The Hall–Kier alpha value is -2.63. The molecule has 0 aliphatic heterocycles. The van der Waals surface area contributed by atoms with Gasteiger partial charge < -0.3 is 14.5 Å². The number of esters is 1. The van der Waals surface area contributed by atoms with Gasteiger partial charge >= 0.3 is 5.97 Å². The van der Waals surface area contributed by atoms with E-state index in [1.165, 1.54) is 0 Å².